The molecule has 10 heteroatoms. The lowest BCUT2D eigenvalue weighted by atomic mass is 9.92. The van der Waals surface area contributed by atoms with Crippen molar-refractivity contribution in [2.75, 3.05) is 25.1 Å². The molecule has 5 atom stereocenters. The third-order valence-electron chi connectivity index (χ3n) is 6.87. The largest absolute Gasteiger partial charge is 0.492 e. The Bertz CT molecular complexity index is 1170. The van der Waals surface area contributed by atoms with E-state index in [9.17, 15) is 23.5 Å². The number of pyridine rings is 1. The van der Waals surface area contributed by atoms with Gasteiger partial charge < -0.3 is 25.0 Å². The molecule has 0 radical (unpaired) electrons. The van der Waals surface area contributed by atoms with E-state index < -0.39 is 46.7 Å². The maximum Gasteiger partial charge on any atom is 0.341 e. The van der Waals surface area contributed by atoms with Crippen LogP contribution in [0.25, 0.3) is 10.9 Å². The molecule has 5 rings (SSSR count). The maximum absolute atomic E-state index is 15.3. The van der Waals surface area contributed by atoms with Crippen LogP contribution < -0.4 is 20.8 Å². The molecule has 0 spiro atoms. The van der Waals surface area contributed by atoms with E-state index in [0.717, 1.165) is 12.3 Å². The Morgan fingerprint density at radius 1 is 1.35 bits per heavy atom. The van der Waals surface area contributed by atoms with E-state index in [0.29, 0.717) is 13.0 Å². The van der Waals surface area contributed by atoms with Gasteiger partial charge >= 0.3 is 5.97 Å². The van der Waals surface area contributed by atoms with Gasteiger partial charge in [0.1, 0.15) is 23.6 Å². The molecule has 3 N–H and O–H groups in total. The van der Waals surface area contributed by atoms with Crippen molar-refractivity contribution in [3.05, 3.63) is 33.9 Å². The molecule has 31 heavy (non-hydrogen) atoms. The fraction of sp³-hybridized carbons (Fsp3) is 0.524. The summed E-state index contributed by atoms with van der Waals surface area (Å²) in [5.41, 5.74) is 4.39. The number of aromatic carboxylic acids is 1. The number of nitrogens with two attached hydrogens (primary N) is 1. The third kappa shape index (κ3) is 2.91. The second-order valence-electron chi connectivity index (χ2n) is 8.89. The molecule has 2 heterocycles. The predicted octanol–water partition coefficient (Wildman–Crippen LogP) is 2.40. The molecule has 1 aromatic carbocycles. The van der Waals surface area contributed by atoms with Crippen molar-refractivity contribution in [1.29, 1.82) is 0 Å². The van der Waals surface area contributed by atoms with Crippen LogP contribution in [0.15, 0.2) is 17.1 Å². The van der Waals surface area contributed by atoms with Crippen LogP contribution >= 0.6 is 0 Å². The fourth-order valence-electron chi connectivity index (χ4n) is 5.30. The van der Waals surface area contributed by atoms with Gasteiger partial charge in [-0.15, -0.1) is 0 Å². The van der Waals surface area contributed by atoms with Gasteiger partial charge in [0.05, 0.1) is 24.1 Å². The maximum atomic E-state index is 15.3. The molecular formula is C21H22F3N3O4. The fourth-order valence-corrected chi connectivity index (χ4v) is 5.30. The van der Waals surface area contributed by atoms with Gasteiger partial charge in [-0.05, 0) is 24.8 Å². The molecule has 2 saturated carbocycles. The predicted molar refractivity (Wildman–Crippen MR) is 107 cm³/mol. The molecule has 2 aromatic rings. The highest BCUT2D eigenvalue weighted by Crippen LogP contribution is 2.48. The molecule has 3 fully saturated rings. The first-order valence-corrected chi connectivity index (χ1v) is 10.1. The zero-order valence-electron chi connectivity index (χ0n) is 16.8. The molecule has 1 aliphatic heterocycles. The minimum atomic E-state index is -1.47. The molecule has 3 aliphatic rings. The van der Waals surface area contributed by atoms with Gasteiger partial charge in [-0.2, -0.15) is 0 Å². The van der Waals surface area contributed by atoms with Crippen molar-refractivity contribution < 1.29 is 27.8 Å². The van der Waals surface area contributed by atoms with Crippen LogP contribution in [0.1, 0.15) is 35.7 Å². The standard InChI is InChI=1S/C21H22F3N3O4/c1-31-19-16-11(18(28)12(20(29)30)7-27(16)15-4-13(15)23)3-14(24)17(19)26-6-9-2-10(22)5-21(9,25)8-26/h3,7,9-10,13,15H,2,4-6,8,25H2,1H3,(H,29,30)/t9-,10?,13+,15-,21-/m1/s1. The molecule has 7 nitrogen and oxygen atoms in total. The average molecular weight is 437 g/mol. The first-order valence-electron chi connectivity index (χ1n) is 10.1. The second-order valence-corrected chi connectivity index (χ2v) is 8.89. The number of halogens is 3. The normalized spacial score (nSPS) is 31.8. The molecule has 1 unspecified atom stereocenters. The number of ether oxygens (including phenoxy) is 1. The Hall–Kier alpha value is -2.75. The lowest BCUT2D eigenvalue weighted by Gasteiger charge is -2.27. The van der Waals surface area contributed by atoms with E-state index in [4.69, 9.17) is 10.5 Å². The van der Waals surface area contributed by atoms with Crippen molar-refractivity contribution in [3.8, 4) is 5.75 Å². The van der Waals surface area contributed by atoms with E-state index in [1.165, 1.54) is 11.7 Å². The van der Waals surface area contributed by atoms with Crippen molar-refractivity contribution in [2.45, 2.75) is 43.2 Å². The Morgan fingerprint density at radius 2 is 2.06 bits per heavy atom. The molecule has 1 saturated heterocycles. The number of carboxylic acid groups (broad SMARTS) is 1. The highest BCUT2D eigenvalue weighted by atomic mass is 19.1. The molecule has 0 amide bonds. The smallest absolute Gasteiger partial charge is 0.341 e. The van der Waals surface area contributed by atoms with Crippen LogP contribution in [-0.2, 0) is 0 Å². The second kappa shape index (κ2) is 6.62. The number of anilines is 1. The van der Waals surface area contributed by atoms with Crippen molar-refractivity contribution in [1.82, 2.24) is 4.57 Å². The highest BCUT2D eigenvalue weighted by Gasteiger charge is 2.52. The Morgan fingerprint density at radius 3 is 2.65 bits per heavy atom. The zero-order valence-corrected chi connectivity index (χ0v) is 16.8. The average Bonchev–Trinajstić information content (AvgIpc) is 3.23. The monoisotopic (exact) mass is 437 g/mol. The van der Waals surface area contributed by atoms with Gasteiger partial charge in [-0.3, -0.25) is 4.79 Å². The number of nitrogens with zero attached hydrogens (tertiary/aromatic N) is 2. The quantitative estimate of drug-likeness (QED) is 0.763. The Kier molecular flexibility index (Phi) is 4.31. The SMILES string of the molecule is COc1c(N2C[C@H]3CC(F)C[C@@]3(N)C2)c(F)cc2c(=O)c(C(=O)O)cn([C@@H]3C[C@@H]3F)c12. The molecule has 0 bridgehead atoms. The minimum absolute atomic E-state index is 0.0171. The van der Waals surface area contributed by atoms with Gasteiger partial charge in [0.25, 0.3) is 0 Å². The van der Waals surface area contributed by atoms with Crippen LogP contribution in [0.4, 0.5) is 18.9 Å². The number of carbonyl (C=O) groups is 1. The first kappa shape index (κ1) is 20.2. The summed E-state index contributed by atoms with van der Waals surface area (Å²) in [5, 5.41) is 9.21. The summed E-state index contributed by atoms with van der Waals surface area (Å²) in [6.07, 6.45) is -0.463. The van der Waals surface area contributed by atoms with Gasteiger partial charge in [-0.25, -0.2) is 18.0 Å². The van der Waals surface area contributed by atoms with Gasteiger partial charge in [0.15, 0.2) is 11.6 Å². The van der Waals surface area contributed by atoms with E-state index in [2.05, 4.69) is 0 Å². The molecule has 166 valence electrons. The van der Waals surface area contributed by atoms with Crippen LogP contribution in [0.2, 0.25) is 0 Å². The van der Waals surface area contributed by atoms with Gasteiger partial charge in [0, 0.05) is 31.2 Å². The summed E-state index contributed by atoms with van der Waals surface area (Å²) in [6.45, 7) is 0.534. The Labute approximate surface area is 175 Å². The number of hydrogen-bond acceptors (Lipinski definition) is 5. The lowest BCUT2D eigenvalue weighted by Crippen LogP contribution is -2.44. The van der Waals surface area contributed by atoms with E-state index in [1.54, 1.807) is 4.90 Å². The number of methoxy groups -OCH3 is 1. The number of aromatic nitrogens is 1. The molecular weight excluding hydrogens is 415 g/mol. The number of carboxylic acids is 1. The summed E-state index contributed by atoms with van der Waals surface area (Å²) < 4.78 is 50.0. The third-order valence-corrected chi connectivity index (χ3v) is 6.87. The lowest BCUT2D eigenvalue weighted by molar-refractivity contribution is 0.0694. The van der Waals surface area contributed by atoms with Crippen LogP contribution in [0, 0.1) is 11.7 Å². The van der Waals surface area contributed by atoms with Crippen molar-refractivity contribution in [2.24, 2.45) is 11.7 Å². The van der Waals surface area contributed by atoms with Crippen molar-refractivity contribution >= 4 is 22.6 Å². The Balaban J connectivity index is 1.73. The highest BCUT2D eigenvalue weighted by molar-refractivity contribution is 5.97. The van der Waals surface area contributed by atoms with Gasteiger partial charge in [-0.1, -0.05) is 0 Å². The summed E-state index contributed by atoms with van der Waals surface area (Å²) in [7, 11) is 1.31. The van der Waals surface area contributed by atoms with Crippen LogP contribution in [0.5, 0.6) is 5.75 Å². The number of hydrogen-bond donors (Lipinski definition) is 2. The van der Waals surface area contributed by atoms with Crippen LogP contribution in [0.3, 0.4) is 0 Å². The number of rotatable bonds is 4. The summed E-state index contributed by atoms with van der Waals surface area (Å²) in [6, 6.07) is 0.308. The van der Waals surface area contributed by atoms with Crippen LogP contribution in [-0.4, -0.2) is 53.7 Å². The first-order chi connectivity index (χ1) is 14.6. The summed E-state index contributed by atoms with van der Waals surface area (Å²) >= 11 is 0. The number of alkyl halides is 2. The van der Waals surface area contributed by atoms with E-state index in [1.807, 2.05) is 0 Å². The topological polar surface area (TPSA) is 97.8 Å². The summed E-state index contributed by atoms with van der Waals surface area (Å²) in [5.74, 6) is -2.39. The minimum Gasteiger partial charge on any atom is -0.492 e. The van der Waals surface area contributed by atoms with E-state index >= 15 is 4.39 Å². The van der Waals surface area contributed by atoms with E-state index in [-0.39, 0.29) is 47.6 Å². The molecule has 2 aliphatic carbocycles. The van der Waals surface area contributed by atoms with Crippen molar-refractivity contribution in [3.63, 3.8) is 0 Å². The number of fused-ring (bicyclic) bond motifs is 2. The zero-order chi connectivity index (χ0) is 22.2. The van der Waals surface area contributed by atoms with Gasteiger partial charge in [0.2, 0.25) is 5.43 Å². The summed E-state index contributed by atoms with van der Waals surface area (Å²) in [4.78, 5) is 26.0. The number of benzene rings is 1. The molecule has 1 aromatic heterocycles.